The van der Waals surface area contributed by atoms with Crippen LogP contribution in [-0.2, 0) is 9.59 Å². The second kappa shape index (κ2) is 8.05. The van der Waals surface area contributed by atoms with Crippen LogP contribution in [0.4, 0.5) is 11.4 Å². The van der Waals surface area contributed by atoms with E-state index in [2.05, 4.69) is 21.5 Å². The van der Waals surface area contributed by atoms with Crippen LogP contribution in [0.5, 0.6) is 0 Å². The van der Waals surface area contributed by atoms with Gasteiger partial charge in [-0.15, -0.1) is 0 Å². The number of nitrogens with zero attached hydrogens (tertiary/aromatic N) is 5. The molecule has 3 aromatic rings. The number of hydrogen-bond acceptors (Lipinski definition) is 5. The highest BCUT2D eigenvalue weighted by Crippen LogP contribution is 2.52. The number of nitriles is 1. The van der Waals surface area contributed by atoms with Crippen LogP contribution in [-0.4, -0.2) is 33.1 Å². The molecule has 3 fully saturated rings. The fourth-order valence-corrected chi connectivity index (χ4v) is 5.24. The number of carbonyl (C=O) groups excluding carboxylic acids is 2. The van der Waals surface area contributed by atoms with Crippen LogP contribution in [0.3, 0.4) is 0 Å². The van der Waals surface area contributed by atoms with Crippen molar-refractivity contribution in [1.82, 2.24) is 14.8 Å². The van der Waals surface area contributed by atoms with E-state index in [0.717, 1.165) is 48.1 Å². The molecule has 2 aromatic heterocycles. The first-order valence-corrected chi connectivity index (χ1v) is 12.1. The normalized spacial score (nSPS) is 21.7. The predicted molar refractivity (Wildman–Crippen MR) is 131 cm³/mol. The SMILES string of the molecule is CC(=O)Nc1cccc(-c2cnn(C3CC3)c2)c1-c1cc(N2CC[C@@](C#N)(C3CC3)C2=O)ccn1. The summed E-state index contributed by atoms with van der Waals surface area (Å²) < 4.78 is 2.00. The summed E-state index contributed by atoms with van der Waals surface area (Å²) in [5.41, 5.74) is 3.74. The van der Waals surface area contributed by atoms with Crippen molar-refractivity contribution in [2.45, 2.75) is 45.1 Å². The minimum atomic E-state index is -0.903. The second-order valence-corrected chi connectivity index (χ2v) is 9.81. The van der Waals surface area contributed by atoms with Crippen LogP contribution in [0.25, 0.3) is 22.4 Å². The Hall–Kier alpha value is -3.99. The van der Waals surface area contributed by atoms with E-state index in [4.69, 9.17) is 0 Å². The van der Waals surface area contributed by atoms with Gasteiger partial charge in [0.2, 0.25) is 11.8 Å². The van der Waals surface area contributed by atoms with Crippen LogP contribution < -0.4 is 10.2 Å². The van der Waals surface area contributed by atoms with Gasteiger partial charge in [0.25, 0.3) is 0 Å². The smallest absolute Gasteiger partial charge is 0.247 e. The molecule has 2 saturated carbocycles. The quantitative estimate of drug-likeness (QED) is 0.573. The molecule has 8 nitrogen and oxygen atoms in total. The zero-order valence-corrected chi connectivity index (χ0v) is 19.6. The van der Waals surface area contributed by atoms with Crippen LogP contribution in [0.15, 0.2) is 48.9 Å². The molecule has 0 radical (unpaired) electrons. The number of rotatable bonds is 6. The predicted octanol–water partition coefficient (Wildman–Crippen LogP) is 4.56. The third-order valence-electron chi connectivity index (χ3n) is 7.35. The number of nitrogens with one attached hydrogen (secondary N) is 1. The molecule has 35 heavy (non-hydrogen) atoms. The molecular weight excluding hydrogens is 440 g/mol. The summed E-state index contributed by atoms with van der Waals surface area (Å²) >= 11 is 0. The number of benzene rings is 1. The molecule has 0 bridgehead atoms. The molecule has 6 rings (SSSR count). The highest BCUT2D eigenvalue weighted by Gasteiger charge is 2.56. The molecule has 1 saturated heterocycles. The summed E-state index contributed by atoms with van der Waals surface area (Å²) in [6, 6.07) is 12.3. The Bertz CT molecular complexity index is 1380. The van der Waals surface area contributed by atoms with Gasteiger partial charge in [-0.25, -0.2) is 0 Å². The van der Waals surface area contributed by atoms with Crippen LogP contribution >= 0.6 is 0 Å². The van der Waals surface area contributed by atoms with Gasteiger partial charge in [-0.3, -0.25) is 19.3 Å². The van der Waals surface area contributed by atoms with Gasteiger partial charge in [0, 0.05) is 42.7 Å². The lowest BCUT2D eigenvalue weighted by Crippen LogP contribution is -2.35. The zero-order chi connectivity index (χ0) is 24.2. The summed E-state index contributed by atoms with van der Waals surface area (Å²) in [7, 11) is 0. The average Bonchev–Trinajstić information content (AvgIpc) is 3.80. The van der Waals surface area contributed by atoms with E-state index < -0.39 is 5.41 Å². The summed E-state index contributed by atoms with van der Waals surface area (Å²) in [6.45, 7) is 1.99. The monoisotopic (exact) mass is 466 g/mol. The molecule has 1 N–H and O–H groups in total. The topological polar surface area (TPSA) is 104 Å². The first-order valence-electron chi connectivity index (χ1n) is 12.1. The molecule has 1 aliphatic heterocycles. The first-order chi connectivity index (χ1) is 17.0. The minimum absolute atomic E-state index is 0.110. The van der Waals surface area contributed by atoms with E-state index in [1.807, 2.05) is 47.4 Å². The van der Waals surface area contributed by atoms with Crippen molar-refractivity contribution in [2.75, 3.05) is 16.8 Å². The van der Waals surface area contributed by atoms with E-state index in [9.17, 15) is 14.9 Å². The molecule has 0 spiro atoms. The van der Waals surface area contributed by atoms with E-state index >= 15 is 0 Å². The third-order valence-corrected chi connectivity index (χ3v) is 7.35. The Morgan fingerprint density at radius 2 is 2.06 bits per heavy atom. The molecule has 0 unspecified atom stereocenters. The molecule has 1 atom stereocenters. The van der Waals surface area contributed by atoms with Gasteiger partial charge in [0.1, 0.15) is 5.41 Å². The fraction of sp³-hybridized carbons (Fsp3) is 0.370. The van der Waals surface area contributed by atoms with Gasteiger partial charge in [0.15, 0.2) is 0 Å². The second-order valence-electron chi connectivity index (χ2n) is 9.81. The van der Waals surface area contributed by atoms with E-state index in [0.29, 0.717) is 30.4 Å². The lowest BCUT2D eigenvalue weighted by atomic mass is 9.83. The largest absolute Gasteiger partial charge is 0.326 e. The number of anilines is 2. The van der Waals surface area contributed by atoms with Crippen molar-refractivity contribution in [3.63, 3.8) is 0 Å². The number of aromatic nitrogens is 3. The minimum Gasteiger partial charge on any atom is -0.326 e. The number of pyridine rings is 1. The van der Waals surface area contributed by atoms with Gasteiger partial charge in [-0.2, -0.15) is 10.4 Å². The van der Waals surface area contributed by atoms with E-state index in [1.165, 1.54) is 6.92 Å². The highest BCUT2D eigenvalue weighted by molar-refractivity contribution is 6.03. The van der Waals surface area contributed by atoms with Gasteiger partial charge in [-0.1, -0.05) is 12.1 Å². The third kappa shape index (κ3) is 3.68. The van der Waals surface area contributed by atoms with Gasteiger partial charge in [-0.05, 0) is 61.8 Å². The molecule has 2 aliphatic carbocycles. The zero-order valence-electron chi connectivity index (χ0n) is 19.6. The first kappa shape index (κ1) is 21.5. The van der Waals surface area contributed by atoms with Gasteiger partial charge < -0.3 is 10.2 Å². The Morgan fingerprint density at radius 3 is 2.77 bits per heavy atom. The van der Waals surface area contributed by atoms with E-state index in [1.54, 1.807) is 11.1 Å². The lowest BCUT2D eigenvalue weighted by molar-refractivity contribution is -0.123. The number of carbonyl (C=O) groups is 2. The Morgan fingerprint density at radius 1 is 1.23 bits per heavy atom. The lowest BCUT2D eigenvalue weighted by Gasteiger charge is -2.22. The maximum absolute atomic E-state index is 13.4. The molecule has 176 valence electrons. The Labute approximate surface area is 203 Å². The Balaban J connectivity index is 1.43. The average molecular weight is 467 g/mol. The standard InChI is InChI=1S/C27H26N6O2/c1-17(34)31-23-4-2-3-22(18-14-30-33(15-18)20-7-8-20)25(23)24-13-21(9-11-29-24)32-12-10-27(16-28,26(32)35)19-5-6-19/h2-4,9,11,13-15,19-20H,5-8,10,12H2,1H3,(H,31,34)/t27-/m1/s1. The summed E-state index contributed by atoms with van der Waals surface area (Å²) in [5, 5.41) is 17.3. The van der Waals surface area contributed by atoms with Crippen molar-refractivity contribution >= 4 is 23.2 Å². The van der Waals surface area contributed by atoms with E-state index in [-0.39, 0.29) is 17.7 Å². The maximum atomic E-state index is 13.4. The molecule has 2 amide bonds. The summed E-state index contributed by atoms with van der Waals surface area (Å²) in [4.78, 5) is 31.7. The van der Waals surface area contributed by atoms with Crippen molar-refractivity contribution in [2.24, 2.45) is 11.3 Å². The molecule has 1 aromatic carbocycles. The van der Waals surface area contributed by atoms with Crippen LogP contribution in [0.1, 0.15) is 45.1 Å². The summed E-state index contributed by atoms with van der Waals surface area (Å²) in [6.07, 6.45) is 10.3. The van der Waals surface area contributed by atoms with Gasteiger partial charge >= 0.3 is 0 Å². The van der Waals surface area contributed by atoms with Crippen molar-refractivity contribution in [1.29, 1.82) is 5.26 Å². The Kier molecular flexibility index (Phi) is 4.95. The maximum Gasteiger partial charge on any atom is 0.247 e. The van der Waals surface area contributed by atoms with Crippen molar-refractivity contribution in [3.05, 3.63) is 48.9 Å². The fourth-order valence-electron chi connectivity index (χ4n) is 5.24. The number of hydrogen-bond donors (Lipinski definition) is 1. The molecule has 8 heteroatoms. The summed E-state index contributed by atoms with van der Waals surface area (Å²) in [5.74, 6) is -0.117. The number of amides is 2. The van der Waals surface area contributed by atoms with Crippen molar-refractivity contribution in [3.8, 4) is 28.5 Å². The van der Waals surface area contributed by atoms with Crippen LogP contribution in [0, 0.1) is 22.7 Å². The molecule has 3 aliphatic rings. The van der Waals surface area contributed by atoms with Gasteiger partial charge in [0.05, 0.1) is 29.7 Å². The molecular formula is C27H26N6O2. The van der Waals surface area contributed by atoms with Crippen molar-refractivity contribution < 1.29 is 9.59 Å². The van der Waals surface area contributed by atoms with Crippen LogP contribution in [0.2, 0.25) is 0 Å². The molecule has 3 heterocycles. The highest BCUT2D eigenvalue weighted by atomic mass is 16.2.